The maximum atomic E-state index is 9.30. The first-order valence-electron chi connectivity index (χ1n) is 3.54. The minimum absolute atomic E-state index is 0.128. The van der Waals surface area contributed by atoms with Gasteiger partial charge in [0.05, 0.1) is 11.5 Å². The van der Waals surface area contributed by atoms with Crippen LogP contribution in [0, 0.1) is 0 Å². The van der Waals surface area contributed by atoms with Crippen LogP contribution in [0.15, 0.2) is 12.2 Å². The van der Waals surface area contributed by atoms with Crippen molar-refractivity contribution in [3.05, 3.63) is 12.2 Å². The van der Waals surface area contributed by atoms with Gasteiger partial charge in [0.25, 0.3) is 0 Å². The van der Waals surface area contributed by atoms with Gasteiger partial charge in [0.15, 0.2) is 0 Å². The molecule has 2 atom stereocenters. The molecule has 0 rings (SSSR count). The lowest BCUT2D eigenvalue weighted by molar-refractivity contribution is 0.167. The molecular weight excluding hydrogens is 148 g/mol. The summed E-state index contributed by atoms with van der Waals surface area (Å²) in [6.07, 6.45) is 0.988. The van der Waals surface area contributed by atoms with Crippen LogP contribution in [0.4, 0.5) is 0 Å². The third-order valence-electron chi connectivity index (χ3n) is 1.37. The molecule has 0 aliphatic carbocycles. The van der Waals surface area contributed by atoms with Crippen LogP contribution < -0.4 is 0 Å². The number of alkyl halides is 1. The first kappa shape index (κ1) is 9.99. The summed E-state index contributed by atoms with van der Waals surface area (Å²) in [7, 11) is 0. The molecule has 0 amide bonds. The molecule has 0 bridgehead atoms. The number of hydrogen-bond acceptors (Lipinski definition) is 1. The van der Waals surface area contributed by atoms with Gasteiger partial charge in [-0.05, 0) is 19.8 Å². The average Bonchev–Trinajstić information content (AvgIpc) is 1.85. The number of aliphatic hydroxyl groups is 1. The van der Waals surface area contributed by atoms with Gasteiger partial charge < -0.3 is 5.11 Å². The Morgan fingerprint density at radius 2 is 2.20 bits per heavy atom. The molecule has 0 aliphatic heterocycles. The highest BCUT2D eigenvalue weighted by atomic mass is 35.5. The Hall–Kier alpha value is -0.0100. The molecule has 1 nitrogen and oxygen atoms in total. The summed E-state index contributed by atoms with van der Waals surface area (Å²) >= 11 is 5.77. The van der Waals surface area contributed by atoms with Crippen LogP contribution in [-0.2, 0) is 0 Å². The molecule has 0 spiro atoms. The Morgan fingerprint density at radius 3 is 2.50 bits per heavy atom. The van der Waals surface area contributed by atoms with Gasteiger partial charge in [-0.2, -0.15) is 0 Å². The fourth-order valence-corrected chi connectivity index (χ4v) is 0.846. The lowest BCUT2D eigenvalue weighted by atomic mass is 10.1. The summed E-state index contributed by atoms with van der Waals surface area (Å²) in [4.78, 5) is 0. The zero-order valence-corrected chi connectivity index (χ0v) is 7.36. The third kappa shape index (κ3) is 3.91. The van der Waals surface area contributed by atoms with E-state index in [0.29, 0.717) is 6.42 Å². The lowest BCUT2D eigenvalue weighted by Gasteiger charge is -2.14. The molecule has 0 aromatic rings. The maximum absolute atomic E-state index is 9.30. The van der Waals surface area contributed by atoms with Crippen LogP contribution >= 0.6 is 11.6 Å². The third-order valence-corrected chi connectivity index (χ3v) is 1.96. The Bertz CT molecular complexity index is 112. The number of halogens is 1. The van der Waals surface area contributed by atoms with Crippen LogP contribution in [0.2, 0.25) is 0 Å². The second kappa shape index (κ2) is 4.75. The van der Waals surface area contributed by atoms with Gasteiger partial charge in [0.2, 0.25) is 0 Å². The summed E-state index contributed by atoms with van der Waals surface area (Å²) in [5, 5.41) is 9.17. The summed E-state index contributed by atoms with van der Waals surface area (Å²) in [5.41, 5.74) is 0.978. The molecule has 0 fully saturated rings. The van der Waals surface area contributed by atoms with Crippen molar-refractivity contribution in [2.24, 2.45) is 0 Å². The molecule has 0 radical (unpaired) electrons. The van der Waals surface area contributed by atoms with Crippen LogP contribution in [0.3, 0.4) is 0 Å². The second-order valence-corrected chi connectivity index (χ2v) is 3.21. The molecule has 0 aliphatic rings. The zero-order valence-electron chi connectivity index (χ0n) is 6.60. The van der Waals surface area contributed by atoms with Gasteiger partial charge in [-0.1, -0.05) is 12.5 Å². The summed E-state index contributed by atoms with van der Waals surface area (Å²) in [6, 6.07) is 0. The molecule has 0 saturated heterocycles. The van der Waals surface area contributed by atoms with Crippen molar-refractivity contribution in [1.82, 2.24) is 0 Å². The lowest BCUT2D eigenvalue weighted by Crippen LogP contribution is -2.19. The van der Waals surface area contributed by atoms with Crippen LogP contribution in [0.5, 0.6) is 0 Å². The van der Waals surface area contributed by atoms with Gasteiger partial charge in [-0.15, -0.1) is 18.2 Å². The SMILES string of the molecule is C=C(C)CC(O)C(Cl)CC. The number of rotatable bonds is 4. The van der Waals surface area contributed by atoms with Crippen molar-refractivity contribution in [3.8, 4) is 0 Å². The Morgan fingerprint density at radius 1 is 1.70 bits per heavy atom. The monoisotopic (exact) mass is 162 g/mol. The molecule has 0 aromatic heterocycles. The van der Waals surface area contributed by atoms with Crippen molar-refractivity contribution in [3.63, 3.8) is 0 Å². The van der Waals surface area contributed by atoms with Crippen molar-refractivity contribution in [1.29, 1.82) is 0 Å². The minimum Gasteiger partial charge on any atom is -0.391 e. The largest absolute Gasteiger partial charge is 0.391 e. The smallest absolute Gasteiger partial charge is 0.0740 e. The first-order chi connectivity index (χ1) is 4.57. The van der Waals surface area contributed by atoms with E-state index in [0.717, 1.165) is 12.0 Å². The summed E-state index contributed by atoms with van der Waals surface area (Å²) < 4.78 is 0. The van der Waals surface area contributed by atoms with E-state index in [2.05, 4.69) is 6.58 Å². The summed E-state index contributed by atoms with van der Waals surface area (Å²) in [6.45, 7) is 7.54. The zero-order chi connectivity index (χ0) is 8.15. The Labute approximate surface area is 67.7 Å². The standard InChI is InChI=1S/C8H15ClO/c1-4-7(9)8(10)5-6(2)3/h7-8,10H,2,4-5H2,1,3H3. The molecule has 0 aromatic carbocycles. The van der Waals surface area contributed by atoms with Gasteiger partial charge in [-0.25, -0.2) is 0 Å². The van der Waals surface area contributed by atoms with Crippen molar-refractivity contribution >= 4 is 11.6 Å². The van der Waals surface area contributed by atoms with Gasteiger partial charge in [0, 0.05) is 0 Å². The normalized spacial score (nSPS) is 16.4. The highest BCUT2D eigenvalue weighted by Gasteiger charge is 2.13. The Kier molecular flexibility index (Phi) is 4.75. The number of hydrogen-bond donors (Lipinski definition) is 1. The van der Waals surface area contributed by atoms with E-state index in [1.165, 1.54) is 0 Å². The van der Waals surface area contributed by atoms with Crippen LogP contribution in [0.1, 0.15) is 26.7 Å². The summed E-state index contributed by atoms with van der Waals surface area (Å²) in [5.74, 6) is 0. The topological polar surface area (TPSA) is 20.2 Å². The van der Waals surface area contributed by atoms with Crippen LogP contribution in [-0.4, -0.2) is 16.6 Å². The van der Waals surface area contributed by atoms with Gasteiger partial charge in [-0.3, -0.25) is 0 Å². The van der Waals surface area contributed by atoms with E-state index in [1.807, 2.05) is 13.8 Å². The quantitative estimate of drug-likeness (QED) is 0.497. The predicted molar refractivity (Wildman–Crippen MR) is 45.4 cm³/mol. The van der Waals surface area contributed by atoms with E-state index >= 15 is 0 Å². The van der Waals surface area contributed by atoms with Crippen molar-refractivity contribution in [2.75, 3.05) is 0 Å². The van der Waals surface area contributed by atoms with Gasteiger partial charge in [0.1, 0.15) is 0 Å². The second-order valence-electron chi connectivity index (χ2n) is 2.65. The van der Waals surface area contributed by atoms with Crippen molar-refractivity contribution in [2.45, 2.75) is 38.2 Å². The van der Waals surface area contributed by atoms with Gasteiger partial charge >= 0.3 is 0 Å². The van der Waals surface area contributed by atoms with Crippen LogP contribution in [0.25, 0.3) is 0 Å². The minimum atomic E-state index is -0.427. The van der Waals surface area contributed by atoms with E-state index in [1.54, 1.807) is 0 Å². The molecule has 2 heteroatoms. The maximum Gasteiger partial charge on any atom is 0.0740 e. The first-order valence-corrected chi connectivity index (χ1v) is 3.98. The fourth-order valence-electron chi connectivity index (χ4n) is 0.757. The Balaban J connectivity index is 3.61. The molecule has 10 heavy (non-hydrogen) atoms. The van der Waals surface area contributed by atoms with E-state index in [9.17, 15) is 5.11 Å². The van der Waals surface area contributed by atoms with Crippen molar-refractivity contribution < 1.29 is 5.11 Å². The molecule has 1 N–H and O–H groups in total. The highest BCUT2D eigenvalue weighted by Crippen LogP contribution is 2.13. The molecular formula is C8H15ClO. The fraction of sp³-hybridized carbons (Fsp3) is 0.750. The average molecular weight is 163 g/mol. The van der Waals surface area contributed by atoms with E-state index in [-0.39, 0.29) is 5.38 Å². The molecule has 0 saturated carbocycles. The predicted octanol–water partition coefficient (Wildman–Crippen LogP) is 2.33. The van der Waals surface area contributed by atoms with E-state index in [4.69, 9.17) is 11.6 Å². The molecule has 2 unspecified atom stereocenters. The molecule has 60 valence electrons. The molecule has 0 heterocycles. The number of aliphatic hydroxyl groups excluding tert-OH is 1. The van der Waals surface area contributed by atoms with E-state index < -0.39 is 6.10 Å². The highest BCUT2D eigenvalue weighted by molar-refractivity contribution is 6.21.